The molecule has 2 aromatic carbocycles. The Balaban J connectivity index is 2.10. The highest BCUT2D eigenvalue weighted by Crippen LogP contribution is 2.24. The summed E-state index contributed by atoms with van der Waals surface area (Å²) >= 11 is 0. The predicted molar refractivity (Wildman–Crippen MR) is 79.5 cm³/mol. The fourth-order valence-corrected chi connectivity index (χ4v) is 2.42. The Labute approximate surface area is 117 Å². The van der Waals surface area contributed by atoms with Gasteiger partial charge in [0.05, 0.1) is 12.8 Å². The Morgan fingerprint density at radius 2 is 1.90 bits per heavy atom. The van der Waals surface area contributed by atoms with Gasteiger partial charge in [-0.2, -0.15) is 0 Å². The Kier molecular flexibility index (Phi) is 3.03. The Morgan fingerprint density at radius 3 is 2.65 bits per heavy atom. The number of fused-ring (bicyclic) bond motifs is 1. The number of methoxy groups -OCH3 is 1. The molecule has 100 valence electrons. The molecule has 0 saturated heterocycles. The number of aromatic amines is 1. The number of aryl methyl sites for hydroxylation is 1. The topological polar surface area (TPSA) is 42.1 Å². The van der Waals surface area contributed by atoms with Crippen molar-refractivity contribution in [3.63, 3.8) is 0 Å². The molecule has 0 amide bonds. The molecule has 3 rings (SSSR count). The maximum Gasteiger partial charge on any atom is 0.209 e. The molecule has 0 aliphatic heterocycles. The van der Waals surface area contributed by atoms with Crippen molar-refractivity contribution >= 4 is 16.7 Å². The lowest BCUT2D eigenvalue weighted by atomic mass is 10.0. The quantitative estimate of drug-likeness (QED) is 0.733. The van der Waals surface area contributed by atoms with Gasteiger partial charge in [0.25, 0.3) is 0 Å². The van der Waals surface area contributed by atoms with Crippen molar-refractivity contribution in [3.8, 4) is 5.75 Å². The van der Waals surface area contributed by atoms with Crippen LogP contribution in [0.25, 0.3) is 10.9 Å². The van der Waals surface area contributed by atoms with Crippen LogP contribution >= 0.6 is 0 Å². The molecule has 0 fully saturated rings. The van der Waals surface area contributed by atoms with Gasteiger partial charge in [-0.1, -0.05) is 30.3 Å². The lowest BCUT2D eigenvalue weighted by Crippen LogP contribution is -2.03. The summed E-state index contributed by atoms with van der Waals surface area (Å²) in [5.41, 5.74) is 3.23. The highest BCUT2D eigenvalue weighted by atomic mass is 16.5. The number of ketones is 1. The molecule has 0 saturated carbocycles. The fourth-order valence-electron chi connectivity index (χ4n) is 2.42. The summed E-state index contributed by atoms with van der Waals surface area (Å²) in [6.07, 6.45) is 0. The first kappa shape index (κ1) is 12.5. The van der Waals surface area contributed by atoms with Gasteiger partial charge in [-0.15, -0.1) is 0 Å². The molecular formula is C17H15NO2. The lowest BCUT2D eigenvalue weighted by Gasteiger charge is -2.03. The normalized spacial score (nSPS) is 10.7. The van der Waals surface area contributed by atoms with Gasteiger partial charge in [0.2, 0.25) is 5.78 Å². The van der Waals surface area contributed by atoms with Crippen molar-refractivity contribution in [2.24, 2.45) is 0 Å². The van der Waals surface area contributed by atoms with Gasteiger partial charge in [-0.3, -0.25) is 4.79 Å². The van der Waals surface area contributed by atoms with Crippen LogP contribution in [0.5, 0.6) is 5.75 Å². The zero-order valence-electron chi connectivity index (χ0n) is 11.4. The van der Waals surface area contributed by atoms with Crippen LogP contribution in [0.3, 0.4) is 0 Å². The van der Waals surface area contributed by atoms with Gasteiger partial charge in [0, 0.05) is 16.5 Å². The second-order valence-corrected chi connectivity index (χ2v) is 4.73. The van der Waals surface area contributed by atoms with E-state index in [0.29, 0.717) is 17.0 Å². The van der Waals surface area contributed by atoms with Gasteiger partial charge in [0.1, 0.15) is 5.75 Å². The summed E-state index contributed by atoms with van der Waals surface area (Å²) in [5, 5.41) is 1.08. The Bertz CT molecular complexity index is 787. The molecule has 3 heteroatoms. The van der Waals surface area contributed by atoms with E-state index in [2.05, 4.69) is 4.98 Å². The van der Waals surface area contributed by atoms with Crippen molar-refractivity contribution in [2.45, 2.75) is 6.92 Å². The number of aromatic nitrogens is 1. The zero-order valence-corrected chi connectivity index (χ0v) is 11.4. The zero-order chi connectivity index (χ0) is 14.1. The van der Waals surface area contributed by atoms with Crippen LogP contribution in [0.1, 0.15) is 21.6 Å². The van der Waals surface area contributed by atoms with Gasteiger partial charge in [-0.05, 0) is 30.7 Å². The minimum Gasteiger partial charge on any atom is -0.497 e. The second-order valence-electron chi connectivity index (χ2n) is 4.73. The van der Waals surface area contributed by atoms with Crippen LogP contribution in [-0.4, -0.2) is 17.9 Å². The van der Waals surface area contributed by atoms with Crippen LogP contribution < -0.4 is 4.74 Å². The third kappa shape index (κ3) is 1.97. The van der Waals surface area contributed by atoms with Crippen molar-refractivity contribution in [1.82, 2.24) is 4.98 Å². The summed E-state index contributed by atoms with van der Waals surface area (Å²) in [6, 6.07) is 15.1. The van der Waals surface area contributed by atoms with Gasteiger partial charge in [-0.25, -0.2) is 0 Å². The molecule has 1 aromatic heterocycles. The molecular weight excluding hydrogens is 250 g/mol. The van der Waals surface area contributed by atoms with Crippen molar-refractivity contribution in [2.75, 3.05) is 7.11 Å². The first-order chi connectivity index (χ1) is 9.70. The number of benzene rings is 2. The van der Waals surface area contributed by atoms with Gasteiger partial charge >= 0.3 is 0 Å². The number of carbonyl (C=O) groups excluding carboxylic acids is 1. The van der Waals surface area contributed by atoms with E-state index in [-0.39, 0.29) is 5.78 Å². The maximum absolute atomic E-state index is 12.6. The summed E-state index contributed by atoms with van der Waals surface area (Å²) in [4.78, 5) is 15.8. The molecule has 0 spiro atoms. The van der Waals surface area contributed by atoms with E-state index in [1.54, 1.807) is 19.2 Å². The molecule has 0 atom stereocenters. The van der Waals surface area contributed by atoms with Crippen LogP contribution in [0.15, 0.2) is 48.5 Å². The summed E-state index contributed by atoms with van der Waals surface area (Å²) in [5.74, 6) is 0.669. The maximum atomic E-state index is 12.6. The van der Waals surface area contributed by atoms with E-state index in [1.165, 1.54) is 0 Å². The highest BCUT2D eigenvalue weighted by molar-refractivity contribution is 6.11. The number of carbonyl (C=O) groups is 1. The molecule has 0 aliphatic rings. The Morgan fingerprint density at radius 1 is 1.10 bits per heavy atom. The largest absolute Gasteiger partial charge is 0.497 e. The third-order valence-electron chi connectivity index (χ3n) is 3.52. The second kappa shape index (κ2) is 4.85. The van der Waals surface area contributed by atoms with Crippen molar-refractivity contribution in [1.29, 1.82) is 0 Å². The van der Waals surface area contributed by atoms with E-state index < -0.39 is 0 Å². The van der Waals surface area contributed by atoms with Crippen LogP contribution in [0, 0.1) is 6.92 Å². The third-order valence-corrected chi connectivity index (χ3v) is 3.52. The molecule has 1 heterocycles. The van der Waals surface area contributed by atoms with E-state index >= 15 is 0 Å². The molecule has 0 radical (unpaired) electrons. The standard InChI is InChI=1S/C17H15NO2/c1-11-14-8-3-4-9-15(14)18-16(11)17(19)12-6-5-7-13(10-12)20-2/h3-10,18H,1-2H3. The summed E-state index contributed by atoms with van der Waals surface area (Å²) in [7, 11) is 1.60. The van der Waals surface area contributed by atoms with E-state index in [9.17, 15) is 4.79 Å². The number of hydrogen-bond donors (Lipinski definition) is 1. The van der Waals surface area contributed by atoms with Crippen LogP contribution in [0.2, 0.25) is 0 Å². The highest BCUT2D eigenvalue weighted by Gasteiger charge is 2.16. The SMILES string of the molecule is COc1cccc(C(=O)c2[nH]c3ccccc3c2C)c1. The molecule has 20 heavy (non-hydrogen) atoms. The molecule has 3 aromatic rings. The average molecular weight is 265 g/mol. The smallest absolute Gasteiger partial charge is 0.209 e. The first-order valence-electron chi connectivity index (χ1n) is 6.47. The summed E-state index contributed by atoms with van der Waals surface area (Å²) < 4.78 is 5.17. The molecule has 0 aliphatic carbocycles. The first-order valence-corrected chi connectivity index (χ1v) is 6.47. The van der Waals surface area contributed by atoms with Gasteiger partial charge in [0.15, 0.2) is 0 Å². The summed E-state index contributed by atoms with van der Waals surface area (Å²) in [6.45, 7) is 1.96. The molecule has 1 N–H and O–H groups in total. The van der Waals surface area contributed by atoms with Gasteiger partial charge < -0.3 is 9.72 Å². The average Bonchev–Trinajstić information content (AvgIpc) is 2.84. The number of para-hydroxylation sites is 1. The molecule has 3 nitrogen and oxygen atoms in total. The van der Waals surface area contributed by atoms with E-state index in [1.807, 2.05) is 43.3 Å². The minimum absolute atomic E-state index is 0.0161. The lowest BCUT2D eigenvalue weighted by molar-refractivity contribution is 0.103. The number of rotatable bonds is 3. The van der Waals surface area contributed by atoms with Crippen LogP contribution in [-0.2, 0) is 0 Å². The van der Waals surface area contributed by atoms with Crippen molar-refractivity contribution < 1.29 is 9.53 Å². The molecule has 0 unspecified atom stereocenters. The van der Waals surface area contributed by atoms with E-state index in [4.69, 9.17) is 4.74 Å². The minimum atomic E-state index is -0.0161. The Hall–Kier alpha value is -2.55. The number of H-pyrrole nitrogens is 1. The number of nitrogens with one attached hydrogen (secondary N) is 1. The number of hydrogen-bond acceptors (Lipinski definition) is 2. The predicted octanol–water partition coefficient (Wildman–Crippen LogP) is 3.72. The van der Waals surface area contributed by atoms with E-state index in [0.717, 1.165) is 16.5 Å². The monoisotopic (exact) mass is 265 g/mol. The van der Waals surface area contributed by atoms with Crippen LogP contribution in [0.4, 0.5) is 0 Å². The molecule has 0 bridgehead atoms. The fraction of sp³-hybridized carbons (Fsp3) is 0.118. The number of ether oxygens (including phenoxy) is 1. The van der Waals surface area contributed by atoms with Crippen molar-refractivity contribution in [3.05, 3.63) is 65.4 Å².